The molecule has 0 aromatic carbocycles. The van der Waals surface area contributed by atoms with E-state index >= 15 is 0 Å². The number of aromatic nitrogens is 1. The van der Waals surface area contributed by atoms with Crippen LogP contribution in [0.4, 0.5) is 11.5 Å². The fraction of sp³-hybridized carbons (Fsp3) is 0.583. The first kappa shape index (κ1) is 11.2. The lowest BCUT2D eigenvalue weighted by Crippen LogP contribution is -2.43. The third-order valence-corrected chi connectivity index (χ3v) is 3.18. The third kappa shape index (κ3) is 2.27. The molecule has 0 aliphatic carbocycles. The van der Waals surface area contributed by atoms with Crippen molar-refractivity contribution >= 4 is 11.5 Å². The van der Waals surface area contributed by atoms with Crippen molar-refractivity contribution in [2.75, 3.05) is 23.7 Å². The fourth-order valence-corrected chi connectivity index (χ4v) is 2.01. The van der Waals surface area contributed by atoms with Crippen LogP contribution in [0.15, 0.2) is 12.1 Å². The minimum absolute atomic E-state index is 0.533. The van der Waals surface area contributed by atoms with Gasteiger partial charge >= 0.3 is 0 Å². The number of anilines is 2. The lowest BCUT2D eigenvalue weighted by Gasteiger charge is -2.36. The predicted octanol–water partition coefficient (Wildman–Crippen LogP) is 1.32. The third-order valence-electron chi connectivity index (χ3n) is 3.18. The second-order valence-electron chi connectivity index (χ2n) is 4.85. The zero-order chi connectivity index (χ0) is 11.8. The quantitative estimate of drug-likeness (QED) is 0.751. The van der Waals surface area contributed by atoms with Gasteiger partial charge in [-0.15, -0.1) is 0 Å². The highest BCUT2D eigenvalue weighted by molar-refractivity contribution is 5.63. The number of hydrogen-bond donors (Lipinski definition) is 2. The zero-order valence-corrected chi connectivity index (χ0v) is 9.90. The first-order valence-electron chi connectivity index (χ1n) is 5.68. The molecule has 1 aromatic heterocycles. The van der Waals surface area contributed by atoms with E-state index in [1.165, 1.54) is 0 Å². The number of nitrogen functional groups attached to an aromatic ring is 1. The van der Waals surface area contributed by atoms with Crippen LogP contribution in [0.3, 0.4) is 0 Å². The van der Waals surface area contributed by atoms with Crippen LogP contribution >= 0.6 is 0 Å². The molecule has 1 aromatic rings. The van der Waals surface area contributed by atoms with E-state index in [1.54, 1.807) is 0 Å². The average Bonchev–Trinajstić information content (AvgIpc) is 2.22. The van der Waals surface area contributed by atoms with Gasteiger partial charge in [-0.2, -0.15) is 0 Å². The highest BCUT2D eigenvalue weighted by Gasteiger charge is 2.28. The van der Waals surface area contributed by atoms with Gasteiger partial charge in [-0.25, -0.2) is 4.98 Å². The molecule has 1 aliphatic heterocycles. The Balaban J connectivity index is 2.17. The monoisotopic (exact) mass is 221 g/mol. The summed E-state index contributed by atoms with van der Waals surface area (Å²) in [6.45, 7) is 5.47. The van der Waals surface area contributed by atoms with Crippen molar-refractivity contribution < 1.29 is 5.11 Å². The number of nitrogens with zero attached hydrogens (tertiary/aromatic N) is 2. The number of piperidine rings is 1. The molecule has 2 rings (SSSR count). The summed E-state index contributed by atoms with van der Waals surface area (Å²) in [5, 5.41) is 9.88. The molecule has 0 spiro atoms. The standard InChI is InChI=1S/C12H19N3O/c1-9-3-4-10(13)11(14-9)15-7-5-12(2,16)6-8-15/h3-4,16H,5-8,13H2,1-2H3. The van der Waals surface area contributed by atoms with Crippen molar-refractivity contribution in [3.05, 3.63) is 17.8 Å². The summed E-state index contributed by atoms with van der Waals surface area (Å²) in [4.78, 5) is 6.62. The van der Waals surface area contributed by atoms with E-state index in [1.807, 2.05) is 26.0 Å². The van der Waals surface area contributed by atoms with E-state index in [2.05, 4.69) is 9.88 Å². The maximum Gasteiger partial charge on any atom is 0.152 e. The van der Waals surface area contributed by atoms with Crippen LogP contribution in [0.25, 0.3) is 0 Å². The first-order chi connectivity index (χ1) is 7.48. The molecular formula is C12H19N3O. The summed E-state index contributed by atoms with van der Waals surface area (Å²) in [5.41, 5.74) is 7.08. The van der Waals surface area contributed by atoms with Gasteiger partial charge < -0.3 is 15.7 Å². The molecule has 1 saturated heterocycles. The second kappa shape index (κ2) is 3.94. The molecule has 88 valence electrons. The second-order valence-corrected chi connectivity index (χ2v) is 4.85. The summed E-state index contributed by atoms with van der Waals surface area (Å²) in [6.07, 6.45) is 1.53. The van der Waals surface area contributed by atoms with Crippen molar-refractivity contribution in [3.8, 4) is 0 Å². The van der Waals surface area contributed by atoms with Crippen molar-refractivity contribution in [1.29, 1.82) is 0 Å². The number of aliphatic hydroxyl groups is 1. The largest absolute Gasteiger partial charge is 0.396 e. The highest BCUT2D eigenvalue weighted by Crippen LogP contribution is 2.28. The Morgan fingerprint density at radius 1 is 1.38 bits per heavy atom. The van der Waals surface area contributed by atoms with Gasteiger partial charge in [0.1, 0.15) is 0 Å². The number of aryl methyl sites for hydroxylation is 1. The molecule has 0 amide bonds. The van der Waals surface area contributed by atoms with Crippen LogP contribution in [0.2, 0.25) is 0 Å². The van der Waals surface area contributed by atoms with Gasteiger partial charge in [0.15, 0.2) is 5.82 Å². The van der Waals surface area contributed by atoms with Crippen molar-refractivity contribution in [2.45, 2.75) is 32.3 Å². The minimum atomic E-state index is -0.533. The van der Waals surface area contributed by atoms with Crippen LogP contribution in [0.1, 0.15) is 25.5 Å². The van der Waals surface area contributed by atoms with Crippen molar-refractivity contribution in [3.63, 3.8) is 0 Å². The summed E-state index contributed by atoms with van der Waals surface area (Å²) in [7, 11) is 0. The van der Waals surface area contributed by atoms with Gasteiger partial charge in [0.25, 0.3) is 0 Å². The van der Waals surface area contributed by atoms with E-state index in [9.17, 15) is 5.11 Å². The van der Waals surface area contributed by atoms with Crippen LogP contribution in [0, 0.1) is 6.92 Å². The summed E-state index contributed by atoms with van der Waals surface area (Å²) >= 11 is 0. The summed E-state index contributed by atoms with van der Waals surface area (Å²) < 4.78 is 0. The van der Waals surface area contributed by atoms with Gasteiger partial charge in [-0.05, 0) is 38.8 Å². The molecule has 16 heavy (non-hydrogen) atoms. The molecule has 4 nitrogen and oxygen atoms in total. The van der Waals surface area contributed by atoms with Gasteiger partial charge in [0.2, 0.25) is 0 Å². The molecule has 1 fully saturated rings. The highest BCUT2D eigenvalue weighted by atomic mass is 16.3. The van der Waals surface area contributed by atoms with Crippen molar-refractivity contribution in [1.82, 2.24) is 4.98 Å². The number of rotatable bonds is 1. The van der Waals surface area contributed by atoms with Crippen LogP contribution in [-0.2, 0) is 0 Å². The lowest BCUT2D eigenvalue weighted by atomic mass is 9.94. The zero-order valence-electron chi connectivity index (χ0n) is 9.90. The molecule has 3 N–H and O–H groups in total. The van der Waals surface area contributed by atoms with E-state index < -0.39 is 5.60 Å². The Kier molecular flexibility index (Phi) is 2.76. The van der Waals surface area contributed by atoms with Gasteiger partial charge in [-0.1, -0.05) is 0 Å². The molecule has 0 atom stereocenters. The van der Waals surface area contributed by atoms with Crippen LogP contribution in [-0.4, -0.2) is 28.8 Å². The molecule has 2 heterocycles. The van der Waals surface area contributed by atoms with E-state index in [0.717, 1.165) is 37.4 Å². The van der Waals surface area contributed by atoms with Crippen molar-refractivity contribution in [2.24, 2.45) is 0 Å². The Morgan fingerprint density at radius 3 is 2.62 bits per heavy atom. The minimum Gasteiger partial charge on any atom is -0.396 e. The molecule has 4 heteroatoms. The first-order valence-corrected chi connectivity index (χ1v) is 5.68. The van der Waals surface area contributed by atoms with Gasteiger partial charge in [0.05, 0.1) is 11.3 Å². The molecule has 0 saturated carbocycles. The Hall–Kier alpha value is -1.29. The summed E-state index contributed by atoms with van der Waals surface area (Å²) in [5.74, 6) is 0.857. The topological polar surface area (TPSA) is 62.4 Å². The van der Waals surface area contributed by atoms with E-state index in [0.29, 0.717) is 5.69 Å². The van der Waals surface area contributed by atoms with Crippen LogP contribution in [0.5, 0.6) is 0 Å². The van der Waals surface area contributed by atoms with Crippen LogP contribution < -0.4 is 10.6 Å². The lowest BCUT2D eigenvalue weighted by molar-refractivity contribution is 0.0350. The molecule has 0 radical (unpaired) electrons. The Morgan fingerprint density at radius 2 is 2.00 bits per heavy atom. The maximum atomic E-state index is 9.88. The van der Waals surface area contributed by atoms with E-state index in [-0.39, 0.29) is 0 Å². The maximum absolute atomic E-state index is 9.88. The number of hydrogen-bond acceptors (Lipinski definition) is 4. The predicted molar refractivity (Wildman–Crippen MR) is 65.5 cm³/mol. The van der Waals surface area contributed by atoms with Gasteiger partial charge in [-0.3, -0.25) is 0 Å². The normalized spacial score (nSPS) is 19.8. The van der Waals surface area contributed by atoms with E-state index in [4.69, 9.17) is 5.73 Å². The SMILES string of the molecule is Cc1ccc(N)c(N2CCC(C)(O)CC2)n1. The smallest absolute Gasteiger partial charge is 0.152 e. The fourth-order valence-electron chi connectivity index (χ4n) is 2.01. The van der Waals surface area contributed by atoms with Gasteiger partial charge in [0, 0.05) is 18.8 Å². The molecule has 0 bridgehead atoms. The summed E-state index contributed by atoms with van der Waals surface area (Å²) in [6, 6.07) is 3.81. The Bertz CT molecular complexity index is 380. The number of nitrogens with two attached hydrogens (primary N) is 1. The molecule has 1 aliphatic rings. The Labute approximate surface area is 96.1 Å². The molecular weight excluding hydrogens is 202 g/mol. The average molecular weight is 221 g/mol. The molecule has 0 unspecified atom stereocenters. The number of pyridine rings is 1.